The van der Waals surface area contributed by atoms with Crippen LogP contribution in [0.2, 0.25) is 0 Å². The molecule has 3 aromatic rings. The van der Waals surface area contributed by atoms with Crippen molar-refractivity contribution in [3.63, 3.8) is 0 Å². The normalized spacial score (nSPS) is 13.4. The van der Waals surface area contributed by atoms with Crippen LogP contribution in [0.15, 0.2) is 72.8 Å². The predicted molar refractivity (Wildman–Crippen MR) is 117 cm³/mol. The second-order valence-electron chi connectivity index (χ2n) is 7.38. The summed E-state index contributed by atoms with van der Waals surface area (Å²) >= 11 is 0. The van der Waals surface area contributed by atoms with Gasteiger partial charge in [0, 0.05) is 5.56 Å². The van der Waals surface area contributed by atoms with E-state index in [1.807, 2.05) is 0 Å². The Balaban J connectivity index is 1.60. The first-order valence-corrected chi connectivity index (χ1v) is 10.1. The highest BCUT2D eigenvalue weighted by molar-refractivity contribution is 6.21. The van der Waals surface area contributed by atoms with Crippen molar-refractivity contribution >= 4 is 23.7 Å². The standard InChI is InChI=1S/C25H20N2O6/c1-32-20-12-11-15(14-27-23(29)17-9-5-6-10-18(17)24(27)30)13-19(20)25(31)33-21(22(26)28)16-7-3-2-4-8-16/h2-13,21H,14H2,1H3,(H2,26,28). The van der Waals surface area contributed by atoms with Gasteiger partial charge in [0.15, 0.2) is 0 Å². The van der Waals surface area contributed by atoms with E-state index in [-0.39, 0.29) is 17.9 Å². The van der Waals surface area contributed by atoms with Crippen LogP contribution in [0.4, 0.5) is 0 Å². The lowest BCUT2D eigenvalue weighted by Crippen LogP contribution is -2.29. The number of nitrogens with zero attached hydrogens (tertiary/aromatic N) is 1. The SMILES string of the molecule is COc1ccc(CN2C(=O)c3ccccc3C2=O)cc1C(=O)OC(C(N)=O)c1ccccc1. The first kappa shape index (κ1) is 21.8. The van der Waals surface area contributed by atoms with Crippen molar-refractivity contribution in [3.05, 3.63) is 101 Å². The van der Waals surface area contributed by atoms with Crippen LogP contribution in [0.5, 0.6) is 5.75 Å². The largest absolute Gasteiger partial charge is 0.496 e. The van der Waals surface area contributed by atoms with Crippen molar-refractivity contribution in [3.8, 4) is 5.75 Å². The minimum atomic E-state index is -1.29. The number of amides is 3. The first-order valence-electron chi connectivity index (χ1n) is 10.1. The van der Waals surface area contributed by atoms with Crippen molar-refractivity contribution in [2.75, 3.05) is 7.11 Å². The number of fused-ring (bicyclic) bond motifs is 1. The van der Waals surface area contributed by atoms with Crippen molar-refractivity contribution < 1.29 is 28.7 Å². The van der Waals surface area contributed by atoms with Gasteiger partial charge in [0.25, 0.3) is 17.7 Å². The third-order valence-electron chi connectivity index (χ3n) is 5.29. The minimum Gasteiger partial charge on any atom is -0.496 e. The van der Waals surface area contributed by atoms with E-state index < -0.39 is 29.8 Å². The predicted octanol–water partition coefficient (Wildman–Crippen LogP) is 2.87. The third-order valence-corrected chi connectivity index (χ3v) is 5.29. The van der Waals surface area contributed by atoms with E-state index in [1.54, 1.807) is 60.7 Å². The van der Waals surface area contributed by atoms with Gasteiger partial charge < -0.3 is 15.2 Å². The van der Waals surface area contributed by atoms with Gasteiger partial charge in [0.2, 0.25) is 6.10 Å². The molecule has 2 N–H and O–H groups in total. The van der Waals surface area contributed by atoms with Crippen LogP contribution in [0.25, 0.3) is 0 Å². The Morgan fingerprint density at radius 1 is 0.909 bits per heavy atom. The molecule has 0 saturated carbocycles. The molecule has 0 radical (unpaired) electrons. The van der Waals surface area contributed by atoms with Gasteiger partial charge in [-0.3, -0.25) is 19.3 Å². The molecule has 3 amide bonds. The summed E-state index contributed by atoms with van der Waals surface area (Å²) in [6, 6.07) is 19.6. The second-order valence-corrected chi connectivity index (χ2v) is 7.38. The number of benzene rings is 3. The van der Waals surface area contributed by atoms with E-state index in [2.05, 4.69) is 0 Å². The van der Waals surface area contributed by atoms with E-state index in [0.717, 1.165) is 4.90 Å². The number of esters is 1. The molecule has 0 fully saturated rings. The second kappa shape index (κ2) is 8.96. The van der Waals surface area contributed by atoms with Gasteiger partial charge in [0.05, 0.1) is 24.8 Å². The number of hydrogen-bond acceptors (Lipinski definition) is 6. The average molecular weight is 444 g/mol. The summed E-state index contributed by atoms with van der Waals surface area (Å²) in [5.74, 6) is -2.26. The van der Waals surface area contributed by atoms with Crippen LogP contribution >= 0.6 is 0 Å². The molecule has 0 spiro atoms. The fourth-order valence-electron chi connectivity index (χ4n) is 3.67. The summed E-state index contributed by atoms with van der Waals surface area (Å²) < 4.78 is 10.7. The highest BCUT2D eigenvalue weighted by atomic mass is 16.5. The number of ether oxygens (including phenoxy) is 2. The number of primary amides is 1. The lowest BCUT2D eigenvalue weighted by atomic mass is 10.1. The number of hydrogen-bond donors (Lipinski definition) is 1. The summed E-state index contributed by atoms with van der Waals surface area (Å²) in [7, 11) is 1.39. The van der Waals surface area contributed by atoms with Gasteiger partial charge in [-0.25, -0.2) is 4.79 Å². The highest BCUT2D eigenvalue weighted by Crippen LogP contribution is 2.28. The molecule has 1 unspecified atom stereocenters. The molecule has 3 aromatic carbocycles. The lowest BCUT2D eigenvalue weighted by molar-refractivity contribution is -0.127. The quantitative estimate of drug-likeness (QED) is 0.443. The molecular weight excluding hydrogens is 424 g/mol. The van der Waals surface area contributed by atoms with Crippen LogP contribution in [-0.2, 0) is 16.1 Å². The number of methoxy groups -OCH3 is 1. The third kappa shape index (κ3) is 4.18. The monoisotopic (exact) mass is 444 g/mol. The van der Waals surface area contributed by atoms with Gasteiger partial charge in [-0.2, -0.15) is 0 Å². The fourth-order valence-corrected chi connectivity index (χ4v) is 3.67. The average Bonchev–Trinajstić information content (AvgIpc) is 3.07. The Hall–Kier alpha value is -4.46. The maximum atomic E-state index is 13.0. The molecule has 1 heterocycles. The summed E-state index contributed by atoms with van der Waals surface area (Å²) in [5.41, 5.74) is 7.09. The number of rotatable bonds is 7. The fraction of sp³-hybridized carbons (Fsp3) is 0.120. The first-order chi connectivity index (χ1) is 15.9. The Morgan fingerprint density at radius 3 is 2.09 bits per heavy atom. The molecule has 33 heavy (non-hydrogen) atoms. The Labute approximate surface area is 189 Å². The van der Waals surface area contributed by atoms with Gasteiger partial charge in [-0.05, 0) is 29.8 Å². The summed E-state index contributed by atoms with van der Waals surface area (Å²) in [6.07, 6.45) is -1.29. The van der Waals surface area contributed by atoms with E-state index in [0.29, 0.717) is 22.3 Å². The van der Waals surface area contributed by atoms with E-state index >= 15 is 0 Å². The Morgan fingerprint density at radius 2 is 1.52 bits per heavy atom. The van der Waals surface area contributed by atoms with Crippen LogP contribution < -0.4 is 10.5 Å². The van der Waals surface area contributed by atoms with Crippen molar-refractivity contribution in [2.24, 2.45) is 5.73 Å². The molecule has 0 aliphatic carbocycles. The molecule has 8 nitrogen and oxygen atoms in total. The molecule has 1 atom stereocenters. The van der Waals surface area contributed by atoms with E-state index in [1.165, 1.54) is 19.2 Å². The van der Waals surface area contributed by atoms with Crippen LogP contribution in [-0.4, -0.2) is 35.7 Å². The maximum absolute atomic E-state index is 13.0. The molecule has 0 aromatic heterocycles. The Kier molecular flexibility index (Phi) is 5.91. The van der Waals surface area contributed by atoms with Gasteiger partial charge >= 0.3 is 5.97 Å². The summed E-state index contributed by atoms with van der Waals surface area (Å²) in [5, 5.41) is 0. The lowest BCUT2D eigenvalue weighted by Gasteiger charge is -2.18. The van der Waals surface area contributed by atoms with Gasteiger partial charge in [-0.15, -0.1) is 0 Å². The highest BCUT2D eigenvalue weighted by Gasteiger charge is 2.35. The molecular formula is C25H20N2O6. The number of carbonyl (C=O) groups excluding carboxylic acids is 4. The maximum Gasteiger partial charge on any atom is 0.343 e. The van der Waals surface area contributed by atoms with E-state index in [4.69, 9.17) is 15.2 Å². The van der Waals surface area contributed by atoms with Crippen molar-refractivity contribution in [1.82, 2.24) is 4.90 Å². The zero-order valence-corrected chi connectivity index (χ0v) is 17.7. The minimum absolute atomic E-state index is 0.0359. The summed E-state index contributed by atoms with van der Waals surface area (Å²) in [4.78, 5) is 51.3. The number of nitrogens with two attached hydrogens (primary N) is 1. The zero-order chi connectivity index (χ0) is 23.5. The molecule has 0 bridgehead atoms. The molecule has 4 rings (SSSR count). The van der Waals surface area contributed by atoms with Crippen molar-refractivity contribution in [2.45, 2.75) is 12.6 Å². The topological polar surface area (TPSA) is 116 Å². The number of carbonyl (C=O) groups is 4. The van der Waals surface area contributed by atoms with Gasteiger partial charge in [0.1, 0.15) is 11.3 Å². The van der Waals surface area contributed by atoms with Crippen LogP contribution in [0.1, 0.15) is 48.3 Å². The molecule has 1 aliphatic rings. The van der Waals surface area contributed by atoms with Gasteiger partial charge in [-0.1, -0.05) is 48.5 Å². The summed E-state index contributed by atoms with van der Waals surface area (Å²) in [6.45, 7) is -0.0471. The molecule has 1 aliphatic heterocycles. The molecule has 8 heteroatoms. The number of imide groups is 1. The van der Waals surface area contributed by atoms with Crippen LogP contribution in [0, 0.1) is 0 Å². The van der Waals surface area contributed by atoms with Crippen molar-refractivity contribution in [1.29, 1.82) is 0 Å². The smallest absolute Gasteiger partial charge is 0.343 e. The zero-order valence-electron chi connectivity index (χ0n) is 17.7. The molecule has 166 valence electrons. The molecule has 0 saturated heterocycles. The Bertz CT molecular complexity index is 1220. The van der Waals surface area contributed by atoms with Crippen LogP contribution in [0.3, 0.4) is 0 Å². The van der Waals surface area contributed by atoms with E-state index in [9.17, 15) is 19.2 Å².